The second-order valence-electron chi connectivity index (χ2n) is 0.573. The molecule has 0 N–H and O–H groups in total. The molecule has 0 aromatic rings. The summed E-state index contributed by atoms with van der Waals surface area (Å²) in [5, 5.41) is 0. The Hall–Kier alpha value is 0.0500. The third-order valence-electron chi connectivity index (χ3n) is 0.186. The smallest absolute Gasteiger partial charge is 0.0928 e. The molecule has 0 aliphatic rings. The van der Waals surface area contributed by atoms with Crippen molar-refractivity contribution in [2.24, 2.45) is 0 Å². The third-order valence-corrected chi connectivity index (χ3v) is 0.322. The molecule has 0 rings (SSSR count). The van der Waals surface area contributed by atoms with Gasteiger partial charge in [0.05, 0.1) is 19.5 Å². The molecule has 0 saturated heterocycles. The molecule has 0 aromatic carbocycles. The molecule has 1 radical (unpaired) electrons. The van der Waals surface area contributed by atoms with E-state index < -0.39 is 0 Å². The number of rotatable bonds is 2. The first kappa shape index (κ1) is 5.05. The molecule has 0 aromatic heterocycles. The maximum atomic E-state index is 4.16. The maximum absolute atomic E-state index is 4.16. The van der Waals surface area contributed by atoms with Crippen LogP contribution in [0, 0.1) is 0 Å². The monoisotopic (exact) mass is 89.0 g/mol. The van der Waals surface area contributed by atoms with Crippen LogP contribution in [-0.4, -0.2) is 6.61 Å². The Kier molecular flexibility index (Phi) is 4.09. The van der Waals surface area contributed by atoms with Crippen LogP contribution in [0.3, 0.4) is 0 Å². The van der Waals surface area contributed by atoms with Crippen molar-refractivity contribution in [1.29, 1.82) is 0 Å². The molecule has 0 unspecified atom stereocenters. The SMILES string of the molecule is C=CCO[S]. The second-order valence-corrected chi connectivity index (χ2v) is 0.809. The highest BCUT2D eigenvalue weighted by Gasteiger charge is 1.61. The molecule has 0 amide bonds. The maximum Gasteiger partial charge on any atom is 0.0928 e. The quantitative estimate of drug-likeness (QED) is 0.463. The fourth-order valence-electron chi connectivity index (χ4n) is 0.0481. The summed E-state index contributed by atoms with van der Waals surface area (Å²) in [6, 6.07) is 0. The van der Waals surface area contributed by atoms with Crippen molar-refractivity contribution in [3.8, 4) is 0 Å². The first-order chi connectivity index (χ1) is 2.41. The van der Waals surface area contributed by atoms with Crippen LogP contribution in [0.5, 0.6) is 0 Å². The van der Waals surface area contributed by atoms with Gasteiger partial charge in [-0.2, -0.15) is 0 Å². The van der Waals surface area contributed by atoms with E-state index in [0.717, 1.165) is 0 Å². The van der Waals surface area contributed by atoms with E-state index >= 15 is 0 Å². The predicted molar refractivity (Wildman–Crippen MR) is 23.7 cm³/mol. The standard InChI is InChI=1S/C3H5OS/c1-2-3-4-5/h2H,1,3H2. The van der Waals surface area contributed by atoms with E-state index in [9.17, 15) is 0 Å². The van der Waals surface area contributed by atoms with Crippen LogP contribution in [0.2, 0.25) is 0 Å². The van der Waals surface area contributed by atoms with Gasteiger partial charge in [-0.1, -0.05) is 6.08 Å². The zero-order valence-corrected chi connectivity index (χ0v) is 3.62. The zero-order valence-electron chi connectivity index (χ0n) is 2.81. The van der Waals surface area contributed by atoms with Crippen molar-refractivity contribution in [3.63, 3.8) is 0 Å². The van der Waals surface area contributed by atoms with E-state index in [2.05, 4.69) is 23.7 Å². The average Bonchev–Trinajstić information content (AvgIpc) is 1.41. The molecule has 5 heavy (non-hydrogen) atoms. The van der Waals surface area contributed by atoms with Gasteiger partial charge < -0.3 is 0 Å². The van der Waals surface area contributed by atoms with E-state index in [-0.39, 0.29) is 0 Å². The summed E-state index contributed by atoms with van der Waals surface area (Å²) < 4.78 is 4.16. The molecular weight excluding hydrogens is 84.1 g/mol. The summed E-state index contributed by atoms with van der Waals surface area (Å²) in [6.45, 7) is 3.83. The minimum Gasteiger partial charge on any atom is -0.299 e. The van der Waals surface area contributed by atoms with E-state index in [1.165, 1.54) is 0 Å². The Labute approximate surface area is 37.3 Å². The van der Waals surface area contributed by atoms with Gasteiger partial charge in [0, 0.05) is 0 Å². The van der Waals surface area contributed by atoms with Crippen molar-refractivity contribution in [2.45, 2.75) is 0 Å². The summed E-state index contributed by atoms with van der Waals surface area (Å²) in [5.41, 5.74) is 0. The van der Waals surface area contributed by atoms with Gasteiger partial charge in [-0.15, -0.1) is 6.58 Å². The molecule has 0 spiro atoms. The van der Waals surface area contributed by atoms with E-state index in [1.54, 1.807) is 6.08 Å². The Bertz CT molecular complexity index is 28.1. The van der Waals surface area contributed by atoms with Crippen molar-refractivity contribution in [2.75, 3.05) is 6.61 Å². The Morgan fingerprint density at radius 2 is 2.60 bits per heavy atom. The number of hydrogen-bond donors (Lipinski definition) is 0. The minimum atomic E-state index is 0.468. The summed E-state index contributed by atoms with van der Waals surface area (Å²) in [5.74, 6) is 0. The highest BCUT2D eigenvalue weighted by Crippen LogP contribution is 1.73. The van der Waals surface area contributed by atoms with E-state index in [4.69, 9.17) is 0 Å². The average molecular weight is 89.1 g/mol. The van der Waals surface area contributed by atoms with Gasteiger partial charge in [0.2, 0.25) is 0 Å². The molecule has 0 atom stereocenters. The fraction of sp³-hybridized carbons (Fsp3) is 0.333. The molecule has 0 aliphatic heterocycles. The molecule has 0 heterocycles. The molecule has 0 bridgehead atoms. The summed E-state index contributed by atoms with van der Waals surface area (Å²) in [7, 11) is 0. The van der Waals surface area contributed by atoms with E-state index in [1.807, 2.05) is 0 Å². The van der Waals surface area contributed by atoms with Crippen molar-refractivity contribution in [3.05, 3.63) is 12.7 Å². The summed E-state index contributed by atoms with van der Waals surface area (Å²) >= 11 is 4.08. The van der Waals surface area contributed by atoms with Gasteiger partial charge in [0.25, 0.3) is 0 Å². The fourth-order valence-corrected chi connectivity index (χ4v) is 0.144. The molecule has 0 aliphatic carbocycles. The first-order valence-corrected chi connectivity index (χ1v) is 1.61. The molecule has 29 valence electrons. The highest BCUT2D eigenvalue weighted by molar-refractivity contribution is 7.75. The van der Waals surface area contributed by atoms with Crippen LogP contribution in [0.1, 0.15) is 0 Å². The normalized spacial score (nSPS) is 7.40. The minimum absolute atomic E-state index is 0.468. The van der Waals surface area contributed by atoms with Crippen LogP contribution in [-0.2, 0) is 4.18 Å². The molecule has 0 fully saturated rings. The van der Waals surface area contributed by atoms with Gasteiger partial charge in [-0.25, -0.2) is 0 Å². The first-order valence-electron chi connectivity index (χ1n) is 1.27. The molecule has 0 saturated carbocycles. The predicted octanol–water partition coefficient (Wildman–Crippen LogP) is 1.30. The third kappa shape index (κ3) is 4.05. The van der Waals surface area contributed by atoms with Gasteiger partial charge in [0.15, 0.2) is 0 Å². The van der Waals surface area contributed by atoms with Gasteiger partial charge in [0.1, 0.15) is 0 Å². The second kappa shape index (κ2) is 4.05. The van der Waals surface area contributed by atoms with Crippen LogP contribution in [0.4, 0.5) is 0 Å². The lowest BCUT2D eigenvalue weighted by Gasteiger charge is -1.75. The summed E-state index contributed by atoms with van der Waals surface area (Å²) in [6.07, 6.45) is 1.60. The molecule has 1 nitrogen and oxygen atoms in total. The summed E-state index contributed by atoms with van der Waals surface area (Å²) in [4.78, 5) is 0. The number of hydrogen-bond acceptors (Lipinski definition) is 1. The van der Waals surface area contributed by atoms with Crippen molar-refractivity contribution in [1.82, 2.24) is 0 Å². The molecular formula is C3H5OS. The highest BCUT2D eigenvalue weighted by atomic mass is 32.1. The molecule has 2 heteroatoms. The van der Waals surface area contributed by atoms with Gasteiger partial charge in [-0.3, -0.25) is 4.18 Å². The van der Waals surface area contributed by atoms with E-state index in [0.29, 0.717) is 6.61 Å². The van der Waals surface area contributed by atoms with Crippen molar-refractivity contribution >= 4 is 12.9 Å². The van der Waals surface area contributed by atoms with Crippen LogP contribution < -0.4 is 0 Å². The Morgan fingerprint density at radius 1 is 2.00 bits per heavy atom. The van der Waals surface area contributed by atoms with Crippen molar-refractivity contribution < 1.29 is 4.18 Å². The zero-order chi connectivity index (χ0) is 4.12. The lowest BCUT2D eigenvalue weighted by molar-refractivity contribution is 0.438. The topological polar surface area (TPSA) is 9.23 Å². The van der Waals surface area contributed by atoms with Crippen LogP contribution in [0.25, 0.3) is 0 Å². The van der Waals surface area contributed by atoms with Gasteiger partial charge in [-0.05, 0) is 0 Å². The lowest BCUT2D eigenvalue weighted by Crippen LogP contribution is -1.68. The Balaban J connectivity index is 2.40. The largest absolute Gasteiger partial charge is 0.299 e. The van der Waals surface area contributed by atoms with Crippen LogP contribution in [0.15, 0.2) is 12.7 Å². The van der Waals surface area contributed by atoms with Crippen LogP contribution >= 0.6 is 12.9 Å². The van der Waals surface area contributed by atoms with Gasteiger partial charge >= 0.3 is 0 Å². The Morgan fingerprint density at radius 3 is 2.60 bits per heavy atom. The lowest BCUT2D eigenvalue weighted by atomic mass is 10.7.